The van der Waals surface area contributed by atoms with E-state index in [1.807, 2.05) is 0 Å². The molecule has 0 amide bonds. The van der Waals surface area contributed by atoms with Gasteiger partial charge in [0, 0.05) is 11.8 Å². The lowest BCUT2D eigenvalue weighted by molar-refractivity contribution is 0.391. The molecule has 0 spiro atoms. The van der Waals surface area contributed by atoms with Crippen molar-refractivity contribution in [2.45, 2.75) is 50.5 Å². The van der Waals surface area contributed by atoms with Crippen molar-refractivity contribution in [3.8, 4) is 0 Å². The van der Waals surface area contributed by atoms with Crippen molar-refractivity contribution in [2.24, 2.45) is 0 Å². The van der Waals surface area contributed by atoms with E-state index in [9.17, 15) is 4.79 Å². The fourth-order valence-corrected chi connectivity index (χ4v) is 2.69. The fraction of sp³-hybridized carbons (Fsp3) is 0.692. The summed E-state index contributed by atoms with van der Waals surface area (Å²) in [7, 11) is 0. The zero-order valence-corrected chi connectivity index (χ0v) is 10.0. The molecule has 1 unspecified atom stereocenters. The molecule has 1 aromatic rings. The first kappa shape index (κ1) is 11.0. The SMILES string of the molecule is O=c1[nH]c(C2CCCCN2)ncc1C1CCC1. The summed E-state index contributed by atoms with van der Waals surface area (Å²) in [5.74, 6) is 1.28. The Balaban J connectivity index is 1.82. The molecular weight excluding hydrogens is 214 g/mol. The predicted octanol–water partition coefficient (Wildman–Crippen LogP) is 1.85. The van der Waals surface area contributed by atoms with Gasteiger partial charge in [0.1, 0.15) is 5.82 Å². The second-order valence-corrected chi connectivity index (χ2v) is 5.18. The molecule has 1 aliphatic carbocycles. The molecule has 4 nitrogen and oxygen atoms in total. The molecule has 1 saturated heterocycles. The number of aromatic nitrogens is 2. The Bertz CT molecular complexity index is 444. The maximum atomic E-state index is 12.0. The number of piperidine rings is 1. The van der Waals surface area contributed by atoms with Gasteiger partial charge in [-0.15, -0.1) is 0 Å². The van der Waals surface area contributed by atoms with Crippen LogP contribution >= 0.6 is 0 Å². The minimum absolute atomic E-state index is 0.0760. The maximum absolute atomic E-state index is 12.0. The summed E-state index contributed by atoms with van der Waals surface area (Å²) in [6, 6.07) is 0.242. The van der Waals surface area contributed by atoms with Gasteiger partial charge in [-0.2, -0.15) is 0 Å². The van der Waals surface area contributed by atoms with Crippen LogP contribution in [-0.4, -0.2) is 16.5 Å². The van der Waals surface area contributed by atoms with Crippen LogP contribution < -0.4 is 10.9 Å². The topological polar surface area (TPSA) is 57.8 Å². The van der Waals surface area contributed by atoms with Crippen LogP contribution in [0.5, 0.6) is 0 Å². The van der Waals surface area contributed by atoms with E-state index in [1.165, 1.54) is 19.3 Å². The highest BCUT2D eigenvalue weighted by Gasteiger charge is 2.24. The molecule has 0 bridgehead atoms. The largest absolute Gasteiger partial charge is 0.309 e. The zero-order valence-electron chi connectivity index (χ0n) is 10.0. The number of nitrogens with zero attached hydrogens (tertiary/aromatic N) is 1. The third-order valence-corrected chi connectivity index (χ3v) is 4.03. The Morgan fingerprint density at radius 2 is 2.06 bits per heavy atom. The quantitative estimate of drug-likeness (QED) is 0.819. The molecule has 1 aliphatic heterocycles. The van der Waals surface area contributed by atoms with Crippen LogP contribution in [0.4, 0.5) is 0 Å². The lowest BCUT2D eigenvalue weighted by Gasteiger charge is -2.26. The summed E-state index contributed by atoms with van der Waals surface area (Å²) < 4.78 is 0. The minimum Gasteiger partial charge on any atom is -0.309 e. The number of nitrogens with one attached hydrogen (secondary N) is 2. The standard InChI is InChI=1S/C13H19N3O/c17-13-10(9-4-3-5-9)8-15-12(16-13)11-6-1-2-7-14-11/h8-9,11,14H,1-7H2,(H,15,16,17). The van der Waals surface area contributed by atoms with Crippen molar-refractivity contribution in [2.75, 3.05) is 6.54 Å². The van der Waals surface area contributed by atoms with E-state index in [-0.39, 0.29) is 11.6 Å². The zero-order chi connectivity index (χ0) is 11.7. The molecule has 2 fully saturated rings. The van der Waals surface area contributed by atoms with Crippen LogP contribution in [0, 0.1) is 0 Å². The van der Waals surface area contributed by atoms with Crippen LogP contribution in [0.3, 0.4) is 0 Å². The van der Waals surface area contributed by atoms with E-state index in [4.69, 9.17) is 0 Å². The van der Waals surface area contributed by atoms with Gasteiger partial charge in [-0.25, -0.2) is 4.98 Å². The average molecular weight is 233 g/mol. The molecule has 2 heterocycles. The Kier molecular flexibility index (Phi) is 2.97. The van der Waals surface area contributed by atoms with E-state index in [0.29, 0.717) is 5.92 Å². The smallest absolute Gasteiger partial charge is 0.254 e. The normalized spacial score (nSPS) is 25.5. The number of H-pyrrole nitrogens is 1. The average Bonchev–Trinajstić information content (AvgIpc) is 2.30. The highest BCUT2D eigenvalue weighted by atomic mass is 16.1. The molecule has 0 aromatic carbocycles. The summed E-state index contributed by atoms with van der Waals surface area (Å²) in [5.41, 5.74) is 0.961. The predicted molar refractivity (Wildman–Crippen MR) is 66.0 cm³/mol. The molecular formula is C13H19N3O. The summed E-state index contributed by atoms with van der Waals surface area (Å²) >= 11 is 0. The van der Waals surface area contributed by atoms with Crippen LogP contribution in [0.25, 0.3) is 0 Å². The fourth-order valence-electron chi connectivity index (χ4n) is 2.69. The highest BCUT2D eigenvalue weighted by molar-refractivity contribution is 5.15. The summed E-state index contributed by atoms with van der Waals surface area (Å²) in [4.78, 5) is 19.4. The Hall–Kier alpha value is -1.16. The lowest BCUT2D eigenvalue weighted by Crippen LogP contribution is -2.31. The Labute approximate surface area is 101 Å². The number of rotatable bonds is 2. The molecule has 17 heavy (non-hydrogen) atoms. The summed E-state index contributed by atoms with van der Waals surface area (Å²) in [6.07, 6.45) is 8.85. The second kappa shape index (κ2) is 4.61. The Morgan fingerprint density at radius 3 is 2.65 bits per heavy atom. The first-order valence-corrected chi connectivity index (χ1v) is 6.67. The number of aromatic amines is 1. The summed E-state index contributed by atoms with van der Waals surface area (Å²) in [5, 5.41) is 3.41. The molecule has 0 radical (unpaired) electrons. The minimum atomic E-state index is 0.0760. The van der Waals surface area contributed by atoms with Gasteiger partial charge in [-0.3, -0.25) is 4.79 Å². The van der Waals surface area contributed by atoms with Crippen LogP contribution in [0.2, 0.25) is 0 Å². The van der Waals surface area contributed by atoms with Crippen molar-refractivity contribution in [1.29, 1.82) is 0 Å². The van der Waals surface area contributed by atoms with Gasteiger partial charge in [0.2, 0.25) is 0 Å². The monoisotopic (exact) mass is 233 g/mol. The van der Waals surface area contributed by atoms with E-state index in [2.05, 4.69) is 15.3 Å². The highest BCUT2D eigenvalue weighted by Crippen LogP contribution is 2.34. The van der Waals surface area contributed by atoms with Crippen molar-refractivity contribution in [1.82, 2.24) is 15.3 Å². The van der Waals surface area contributed by atoms with Crippen LogP contribution in [0.15, 0.2) is 11.0 Å². The second-order valence-electron chi connectivity index (χ2n) is 5.18. The van der Waals surface area contributed by atoms with E-state index < -0.39 is 0 Å². The van der Waals surface area contributed by atoms with Gasteiger partial charge in [0.25, 0.3) is 5.56 Å². The molecule has 92 valence electrons. The molecule has 2 N–H and O–H groups in total. The summed E-state index contributed by atoms with van der Waals surface area (Å²) in [6.45, 7) is 1.03. The molecule has 4 heteroatoms. The molecule has 1 atom stereocenters. The van der Waals surface area contributed by atoms with E-state index in [1.54, 1.807) is 6.20 Å². The molecule has 2 aliphatic rings. The van der Waals surface area contributed by atoms with Crippen molar-refractivity contribution in [3.05, 3.63) is 27.9 Å². The van der Waals surface area contributed by atoms with Gasteiger partial charge in [-0.05, 0) is 38.1 Å². The van der Waals surface area contributed by atoms with Gasteiger partial charge in [0.15, 0.2) is 0 Å². The van der Waals surface area contributed by atoms with Gasteiger partial charge in [-0.1, -0.05) is 12.8 Å². The van der Waals surface area contributed by atoms with Crippen LogP contribution in [0.1, 0.15) is 61.9 Å². The van der Waals surface area contributed by atoms with Gasteiger partial charge < -0.3 is 10.3 Å². The van der Waals surface area contributed by atoms with E-state index >= 15 is 0 Å². The Morgan fingerprint density at radius 1 is 1.18 bits per heavy atom. The number of hydrogen-bond acceptors (Lipinski definition) is 3. The van der Waals surface area contributed by atoms with Gasteiger partial charge >= 0.3 is 0 Å². The lowest BCUT2D eigenvalue weighted by atomic mass is 9.81. The third-order valence-electron chi connectivity index (χ3n) is 4.03. The first-order valence-electron chi connectivity index (χ1n) is 6.67. The third kappa shape index (κ3) is 2.14. The van der Waals surface area contributed by atoms with Crippen LogP contribution in [-0.2, 0) is 0 Å². The molecule has 1 aromatic heterocycles. The molecule has 3 rings (SSSR count). The van der Waals surface area contributed by atoms with E-state index in [0.717, 1.165) is 37.2 Å². The van der Waals surface area contributed by atoms with Gasteiger partial charge in [0.05, 0.1) is 6.04 Å². The molecule has 1 saturated carbocycles. The first-order chi connectivity index (χ1) is 8.34. The van der Waals surface area contributed by atoms with Crippen molar-refractivity contribution in [3.63, 3.8) is 0 Å². The maximum Gasteiger partial charge on any atom is 0.254 e. The van der Waals surface area contributed by atoms with Crippen molar-refractivity contribution < 1.29 is 0 Å². The number of hydrogen-bond donors (Lipinski definition) is 2. The van der Waals surface area contributed by atoms with Crippen molar-refractivity contribution >= 4 is 0 Å².